The number of allylic oxidation sites excluding steroid dienone is 2. The molecule has 0 aromatic heterocycles. The Kier molecular flexibility index (Phi) is 47.7. The van der Waals surface area contributed by atoms with Crippen LogP contribution in [0.15, 0.2) is 59.7 Å². The monoisotopic (exact) mass is 1040 g/mol. The maximum Gasteiger partial charge on any atom is 2.00 e. The fourth-order valence-corrected chi connectivity index (χ4v) is 10.0. The minimum Gasteiger partial charge on any atom is -0.493 e. The van der Waals surface area contributed by atoms with Gasteiger partial charge in [0.2, 0.25) is 11.4 Å². The second-order valence-electron chi connectivity index (χ2n) is 19.8. The number of nitrogens with zero attached hydrogens (tertiary/aromatic N) is 2. The van der Waals surface area contributed by atoms with E-state index in [0.29, 0.717) is 0 Å². The number of aryl methyl sites for hydroxylation is 2. The molecule has 2 nitrogen and oxygen atoms in total. The molecule has 0 saturated heterocycles. The third-order valence-corrected chi connectivity index (χ3v) is 14.0. The van der Waals surface area contributed by atoms with Crippen molar-refractivity contribution in [3.05, 3.63) is 101 Å². The van der Waals surface area contributed by atoms with Crippen LogP contribution in [-0.4, -0.2) is 4.70 Å². The maximum atomic E-state index is 12.5. The molecule has 1 aliphatic rings. The second kappa shape index (κ2) is 49.3. The van der Waals surface area contributed by atoms with Crippen LogP contribution in [0.25, 0.3) is 16.9 Å². The zero-order valence-electron chi connectivity index (χ0n) is 46.5. The Balaban J connectivity index is 0.00000900. The first-order chi connectivity index (χ1) is 33.7. The largest absolute Gasteiger partial charge is 2.00 e. The number of rotatable bonds is 41. The topological polar surface area (TPSA) is 25.3 Å². The summed E-state index contributed by atoms with van der Waals surface area (Å²) in [6.45, 7) is 19.2. The Morgan fingerprint density at radius 1 is 0.391 bits per heavy atom. The van der Waals surface area contributed by atoms with Gasteiger partial charge in [0.25, 0.3) is 0 Å². The van der Waals surface area contributed by atoms with Crippen LogP contribution in [0.5, 0.6) is 0 Å². The van der Waals surface area contributed by atoms with Gasteiger partial charge in [-0.1, -0.05) is 244 Å². The summed E-state index contributed by atoms with van der Waals surface area (Å²) in [5.41, 5.74) is 22.5. The van der Waals surface area contributed by atoms with E-state index in [-0.39, 0.29) is 20.4 Å². The van der Waals surface area contributed by atoms with Crippen molar-refractivity contribution >= 4 is 11.4 Å². The van der Waals surface area contributed by atoms with E-state index in [1.165, 1.54) is 245 Å². The van der Waals surface area contributed by atoms with E-state index in [0.717, 1.165) is 56.3 Å². The van der Waals surface area contributed by atoms with Gasteiger partial charge in [-0.15, -0.1) is 11.8 Å². The van der Waals surface area contributed by atoms with E-state index in [4.69, 9.17) is 0 Å². The Morgan fingerprint density at radius 3 is 1.25 bits per heavy atom. The number of hydrogen-bond donors (Lipinski definition) is 0. The fourth-order valence-electron chi connectivity index (χ4n) is 10.0. The van der Waals surface area contributed by atoms with Crippen LogP contribution in [0.2, 0.25) is 0 Å². The van der Waals surface area contributed by atoms with Gasteiger partial charge in [-0.05, 0) is 87.1 Å². The van der Waals surface area contributed by atoms with Crippen molar-refractivity contribution in [1.82, 2.24) is 0 Å². The summed E-state index contributed by atoms with van der Waals surface area (Å²) < 4.78 is 1.64. The molecule has 69 heavy (non-hydrogen) atoms. The first-order valence-electron chi connectivity index (χ1n) is 29.7. The van der Waals surface area contributed by atoms with Crippen LogP contribution in [0.1, 0.15) is 308 Å². The first kappa shape index (κ1) is 66.7. The normalized spacial score (nSPS) is 12.0. The molecule has 1 aliphatic heterocycles. The molecule has 3 rings (SSSR count). The van der Waals surface area contributed by atoms with E-state index in [9.17, 15) is 5.53 Å². The van der Waals surface area contributed by atoms with Crippen molar-refractivity contribution in [2.24, 2.45) is 0 Å². The van der Waals surface area contributed by atoms with E-state index in [1.54, 1.807) is 18.5 Å². The van der Waals surface area contributed by atoms with Gasteiger partial charge < -0.3 is 19.4 Å². The van der Waals surface area contributed by atoms with Crippen molar-refractivity contribution < 1.29 is 25.1 Å². The molecule has 0 amide bonds. The minimum absolute atomic E-state index is 0. The van der Waals surface area contributed by atoms with E-state index < -0.39 is 0 Å². The molecule has 2 aromatic carbocycles. The molecular formula is C66H110N2Pd. The molecule has 0 bridgehead atoms. The molecule has 0 spiro atoms. The van der Waals surface area contributed by atoms with Crippen molar-refractivity contribution in [2.75, 3.05) is 0 Å². The molecule has 0 atom stereocenters. The summed E-state index contributed by atoms with van der Waals surface area (Å²) in [7, 11) is 0. The molecule has 0 aliphatic carbocycles. The quantitative estimate of drug-likeness (QED) is 0.0209. The second-order valence-corrected chi connectivity index (χ2v) is 19.8. The van der Waals surface area contributed by atoms with Crippen LogP contribution in [0.3, 0.4) is 0 Å². The summed E-state index contributed by atoms with van der Waals surface area (Å²) in [5.74, 6) is 7.05. The van der Waals surface area contributed by atoms with Gasteiger partial charge in [0.05, 0.1) is 0 Å². The van der Waals surface area contributed by atoms with Crippen molar-refractivity contribution in [3.63, 3.8) is 0 Å². The van der Waals surface area contributed by atoms with Gasteiger partial charge in [0, 0.05) is 35.1 Å². The molecule has 1 heterocycles. The van der Waals surface area contributed by atoms with Gasteiger partial charge in [-0.25, -0.2) is 4.70 Å². The number of hydrogen-bond acceptors (Lipinski definition) is 0. The van der Waals surface area contributed by atoms with Crippen molar-refractivity contribution in [1.29, 1.82) is 0 Å². The Bertz CT molecular complexity index is 1620. The van der Waals surface area contributed by atoms with Crippen LogP contribution in [-0.2, 0) is 33.3 Å². The molecule has 0 radical (unpaired) electrons. The third kappa shape index (κ3) is 31.1. The smallest absolute Gasteiger partial charge is 0.493 e. The zero-order chi connectivity index (χ0) is 49.6. The molecule has 3 heteroatoms. The summed E-state index contributed by atoms with van der Waals surface area (Å²) in [6.07, 6.45) is 51.9. The number of unbranched alkanes of at least 4 members (excludes halogenated alkanes) is 31. The Hall–Kier alpha value is -2.26. The summed E-state index contributed by atoms with van der Waals surface area (Å²) in [6, 6.07) is 18.1. The van der Waals surface area contributed by atoms with E-state index in [2.05, 4.69) is 102 Å². The van der Waals surface area contributed by atoms with Gasteiger partial charge in [0.15, 0.2) is 0 Å². The van der Waals surface area contributed by atoms with E-state index >= 15 is 0 Å². The molecule has 0 fully saturated rings. The minimum atomic E-state index is 0. The fraction of sp³-hybridized carbons (Fsp3) is 0.697. The summed E-state index contributed by atoms with van der Waals surface area (Å²) >= 11 is 0. The standard InChI is InChI=1S/C62H100N2.2C2H5.Pd/c1-5-9-13-17-19-20-21-22-23-24-25-26-27-28-29-30-31-32-33-34-35-36-37-40-48-56-49-43-44-51-58(56)62-60(53-41-16-12-8-4)59(52-42-38-18-14-10-6-2)61(64(62)63)57-50-45-47-55(54-57)46-39-15-11-7-3;2*1-2;/h43-45,47,49-51,54H,5-34,37-42,46,48,52-53H2,1-4H3;2*1H2,2H3;/q;2*-1;+2. The van der Waals surface area contributed by atoms with Gasteiger partial charge in [0.1, 0.15) is 0 Å². The van der Waals surface area contributed by atoms with Crippen LogP contribution < -0.4 is 0 Å². The molecular weight excluding hydrogens is 927 g/mol. The third-order valence-electron chi connectivity index (χ3n) is 14.0. The zero-order valence-corrected chi connectivity index (χ0v) is 48.1. The predicted octanol–water partition coefficient (Wildman–Crippen LogP) is 22.5. The van der Waals surface area contributed by atoms with Gasteiger partial charge >= 0.3 is 20.4 Å². The Labute approximate surface area is 445 Å². The van der Waals surface area contributed by atoms with Gasteiger partial charge in [-0.3, -0.25) is 0 Å². The van der Waals surface area contributed by atoms with Gasteiger partial charge in [-0.2, -0.15) is 13.8 Å². The maximum absolute atomic E-state index is 12.5. The van der Waals surface area contributed by atoms with Crippen LogP contribution in [0.4, 0.5) is 0 Å². The molecule has 0 unspecified atom stereocenters. The van der Waals surface area contributed by atoms with Crippen molar-refractivity contribution in [2.45, 2.75) is 298 Å². The Morgan fingerprint density at radius 2 is 0.768 bits per heavy atom. The van der Waals surface area contributed by atoms with Crippen molar-refractivity contribution in [3.8, 4) is 11.8 Å². The van der Waals surface area contributed by atoms with Crippen LogP contribution in [0, 0.1) is 25.7 Å². The predicted molar refractivity (Wildman–Crippen MR) is 306 cm³/mol. The average molecular weight is 1040 g/mol. The summed E-state index contributed by atoms with van der Waals surface area (Å²) in [4.78, 5) is 0. The molecule has 0 saturated carbocycles. The van der Waals surface area contributed by atoms with Crippen LogP contribution >= 0.6 is 0 Å². The molecule has 0 N–H and O–H groups in total. The average Bonchev–Trinajstić information content (AvgIpc) is 3.65. The summed E-state index contributed by atoms with van der Waals surface area (Å²) in [5, 5.41) is 0. The van der Waals surface area contributed by atoms with E-state index in [1.807, 2.05) is 0 Å². The number of benzene rings is 2. The molecule has 2 aromatic rings. The molecule has 394 valence electrons. The SMILES string of the molecule is CCCCCCCCCCCCCCCCCCCCCC#CCCCc1ccccc1C1=C(CCCCCC)C(CCCCCCCC)=C(c2cccc(CCCCCC)c2)[N+]1=[N-].[CH2-]C.[CH2-]C.[Pd+2]. The first-order valence-corrected chi connectivity index (χ1v) is 29.7.